The molecule has 4 aromatic rings. The molecule has 4 rings (SSSR count). The van der Waals surface area contributed by atoms with E-state index in [4.69, 9.17) is 5.73 Å². The first-order valence-electron chi connectivity index (χ1n) is 6.58. The average Bonchev–Trinajstić information content (AvgIpc) is 2.85. The van der Waals surface area contributed by atoms with E-state index in [1.807, 2.05) is 36.4 Å². The molecule has 0 bridgehead atoms. The van der Waals surface area contributed by atoms with Crippen LogP contribution < -0.4 is 11.3 Å². The Bertz CT molecular complexity index is 1030. The number of aromatic amines is 1. The van der Waals surface area contributed by atoms with E-state index >= 15 is 0 Å². The van der Waals surface area contributed by atoms with E-state index in [1.165, 1.54) is 4.68 Å². The average molecular weight is 276 g/mol. The van der Waals surface area contributed by atoms with Crippen molar-refractivity contribution in [3.8, 4) is 5.69 Å². The van der Waals surface area contributed by atoms with Gasteiger partial charge in [0.2, 0.25) is 0 Å². The van der Waals surface area contributed by atoms with Crippen molar-refractivity contribution in [1.82, 2.24) is 14.8 Å². The van der Waals surface area contributed by atoms with Crippen molar-refractivity contribution < 1.29 is 0 Å². The van der Waals surface area contributed by atoms with Crippen molar-refractivity contribution in [2.24, 2.45) is 0 Å². The van der Waals surface area contributed by atoms with E-state index in [0.29, 0.717) is 16.8 Å². The van der Waals surface area contributed by atoms with Gasteiger partial charge in [0.25, 0.3) is 5.56 Å². The summed E-state index contributed by atoms with van der Waals surface area (Å²) in [7, 11) is 0. The fourth-order valence-corrected chi connectivity index (χ4v) is 2.55. The third-order valence-electron chi connectivity index (χ3n) is 3.56. The van der Waals surface area contributed by atoms with Crippen LogP contribution >= 0.6 is 0 Å². The molecule has 0 aliphatic rings. The number of H-pyrrole nitrogens is 1. The number of para-hydroxylation sites is 1. The minimum atomic E-state index is -0.131. The number of hydrogen-bond donors (Lipinski definition) is 2. The van der Waals surface area contributed by atoms with Gasteiger partial charge in [-0.1, -0.05) is 24.3 Å². The highest BCUT2D eigenvalue weighted by Gasteiger charge is 2.11. The first-order valence-corrected chi connectivity index (χ1v) is 6.58. The minimum absolute atomic E-state index is 0.131. The number of aromatic nitrogens is 3. The molecule has 0 fully saturated rings. The fourth-order valence-electron chi connectivity index (χ4n) is 2.55. The van der Waals surface area contributed by atoms with Gasteiger partial charge < -0.3 is 5.73 Å². The summed E-state index contributed by atoms with van der Waals surface area (Å²) < 4.78 is 1.50. The zero-order valence-electron chi connectivity index (χ0n) is 11.1. The molecule has 0 amide bonds. The molecule has 0 aliphatic heterocycles. The smallest absolute Gasteiger partial charge is 0.280 e. The molecule has 0 unspecified atom stereocenters. The van der Waals surface area contributed by atoms with Crippen molar-refractivity contribution in [2.75, 3.05) is 5.73 Å². The third-order valence-corrected chi connectivity index (χ3v) is 3.56. The molecular weight excluding hydrogens is 264 g/mol. The Balaban J connectivity index is 2.10. The second-order valence-electron chi connectivity index (χ2n) is 4.91. The summed E-state index contributed by atoms with van der Waals surface area (Å²) >= 11 is 0. The number of rotatable bonds is 1. The minimum Gasteiger partial charge on any atom is -0.399 e. The molecule has 5 nitrogen and oxygen atoms in total. The highest BCUT2D eigenvalue weighted by molar-refractivity contribution is 6.02. The Morgan fingerprint density at radius 3 is 2.76 bits per heavy atom. The molecule has 0 atom stereocenters. The van der Waals surface area contributed by atoms with Crippen LogP contribution in [0.5, 0.6) is 0 Å². The molecule has 21 heavy (non-hydrogen) atoms. The van der Waals surface area contributed by atoms with Gasteiger partial charge in [0, 0.05) is 17.3 Å². The lowest BCUT2D eigenvalue weighted by atomic mass is 10.2. The molecule has 102 valence electrons. The van der Waals surface area contributed by atoms with Crippen LogP contribution in [-0.2, 0) is 0 Å². The van der Waals surface area contributed by atoms with Gasteiger partial charge in [0.15, 0.2) is 0 Å². The Hall–Kier alpha value is -3.08. The Morgan fingerprint density at radius 2 is 1.90 bits per heavy atom. The summed E-state index contributed by atoms with van der Waals surface area (Å²) in [5.74, 6) is 0. The first kappa shape index (κ1) is 11.7. The van der Waals surface area contributed by atoms with Crippen LogP contribution in [0.25, 0.3) is 27.5 Å². The van der Waals surface area contributed by atoms with E-state index in [0.717, 1.165) is 16.4 Å². The molecule has 2 aromatic heterocycles. The number of benzene rings is 2. The number of pyridine rings is 1. The molecule has 0 saturated carbocycles. The van der Waals surface area contributed by atoms with Crippen molar-refractivity contribution >= 4 is 27.5 Å². The molecule has 2 aromatic carbocycles. The predicted molar refractivity (Wildman–Crippen MR) is 83.6 cm³/mol. The number of nitrogen functional groups attached to an aromatic ring is 1. The maximum Gasteiger partial charge on any atom is 0.280 e. The van der Waals surface area contributed by atoms with Gasteiger partial charge in [-0.15, -0.1) is 0 Å². The Morgan fingerprint density at radius 1 is 1.05 bits per heavy atom. The lowest BCUT2D eigenvalue weighted by Gasteiger charge is -2.02. The maximum absolute atomic E-state index is 12.5. The lowest BCUT2D eigenvalue weighted by molar-refractivity contribution is 0.865. The Kier molecular flexibility index (Phi) is 2.35. The topological polar surface area (TPSA) is 76.7 Å². The zero-order chi connectivity index (χ0) is 14.4. The number of fused-ring (bicyclic) bond motifs is 3. The fraction of sp³-hybridized carbons (Fsp3) is 0. The van der Waals surface area contributed by atoms with Crippen LogP contribution in [0.2, 0.25) is 0 Å². The molecule has 0 aliphatic carbocycles. The number of nitrogens with zero attached hydrogens (tertiary/aromatic N) is 2. The van der Waals surface area contributed by atoms with Gasteiger partial charge in [0.1, 0.15) is 0 Å². The molecule has 2 heterocycles. The van der Waals surface area contributed by atoms with Gasteiger partial charge in [-0.2, -0.15) is 0 Å². The van der Waals surface area contributed by atoms with E-state index < -0.39 is 0 Å². The lowest BCUT2D eigenvalue weighted by Crippen LogP contribution is -2.14. The third kappa shape index (κ3) is 1.71. The van der Waals surface area contributed by atoms with Crippen LogP contribution in [-0.4, -0.2) is 14.8 Å². The van der Waals surface area contributed by atoms with Crippen molar-refractivity contribution in [3.63, 3.8) is 0 Å². The molecule has 3 N–H and O–H groups in total. The van der Waals surface area contributed by atoms with E-state index in [-0.39, 0.29) is 5.56 Å². The monoisotopic (exact) mass is 276 g/mol. The van der Waals surface area contributed by atoms with E-state index in [1.54, 1.807) is 18.3 Å². The number of nitrogens with two attached hydrogens (primary N) is 1. The van der Waals surface area contributed by atoms with Gasteiger partial charge in [0.05, 0.1) is 22.1 Å². The SMILES string of the molecule is Nc1cccc(-n2[nH]c3c(cnc4ccccc43)c2=O)c1. The van der Waals surface area contributed by atoms with Crippen LogP contribution in [0.4, 0.5) is 5.69 Å². The summed E-state index contributed by atoms with van der Waals surface area (Å²) in [5.41, 5.74) is 8.62. The molecular formula is C16H12N4O. The summed E-state index contributed by atoms with van der Waals surface area (Å²) in [5, 5.41) is 4.65. The summed E-state index contributed by atoms with van der Waals surface area (Å²) in [6.45, 7) is 0. The van der Waals surface area contributed by atoms with Crippen molar-refractivity contribution in [3.05, 3.63) is 65.1 Å². The standard InChI is InChI=1S/C16H12N4O/c17-10-4-3-5-11(8-10)20-16(21)13-9-18-14-7-2-1-6-12(14)15(13)19-20/h1-9,19H,17H2. The molecule has 0 radical (unpaired) electrons. The number of hydrogen-bond acceptors (Lipinski definition) is 3. The summed E-state index contributed by atoms with van der Waals surface area (Å²) in [4.78, 5) is 16.9. The predicted octanol–water partition coefficient (Wildman–Crippen LogP) is 2.45. The zero-order valence-corrected chi connectivity index (χ0v) is 11.1. The Labute approximate surface area is 119 Å². The van der Waals surface area contributed by atoms with Crippen molar-refractivity contribution in [2.45, 2.75) is 0 Å². The first-order chi connectivity index (χ1) is 10.2. The van der Waals surface area contributed by atoms with Gasteiger partial charge >= 0.3 is 0 Å². The normalized spacial score (nSPS) is 11.2. The van der Waals surface area contributed by atoms with E-state index in [2.05, 4.69) is 10.1 Å². The second-order valence-corrected chi connectivity index (χ2v) is 4.91. The molecule has 0 saturated heterocycles. The van der Waals surface area contributed by atoms with Crippen LogP contribution in [0.15, 0.2) is 59.5 Å². The maximum atomic E-state index is 12.5. The number of nitrogens with one attached hydrogen (secondary N) is 1. The van der Waals surface area contributed by atoms with Crippen LogP contribution in [0, 0.1) is 0 Å². The largest absolute Gasteiger partial charge is 0.399 e. The highest BCUT2D eigenvalue weighted by atomic mass is 16.1. The molecule has 0 spiro atoms. The highest BCUT2D eigenvalue weighted by Crippen LogP contribution is 2.20. The summed E-state index contributed by atoms with van der Waals surface area (Å²) in [6, 6.07) is 14.9. The van der Waals surface area contributed by atoms with Gasteiger partial charge in [-0.3, -0.25) is 14.9 Å². The number of anilines is 1. The van der Waals surface area contributed by atoms with Gasteiger partial charge in [-0.05, 0) is 24.3 Å². The van der Waals surface area contributed by atoms with Gasteiger partial charge in [-0.25, -0.2) is 4.68 Å². The van der Waals surface area contributed by atoms with Crippen molar-refractivity contribution in [1.29, 1.82) is 0 Å². The van der Waals surface area contributed by atoms with Crippen LogP contribution in [0.1, 0.15) is 0 Å². The van der Waals surface area contributed by atoms with E-state index in [9.17, 15) is 4.79 Å². The summed E-state index contributed by atoms with van der Waals surface area (Å²) in [6.07, 6.45) is 1.61. The van der Waals surface area contributed by atoms with Crippen LogP contribution in [0.3, 0.4) is 0 Å². The quantitative estimate of drug-likeness (QED) is 0.524. The second kappa shape index (κ2) is 4.21. The molecule has 5 heteroatoms.